The van der Waals surface area contributed by atoms with Crippen molar-refractivity contribution >= 4 is 22.6 Å². The number of aromatic amines is 1. The molecule has 0 amide bonds. The van der Waals surface area contributed by atoms with E-state index in [1.807, 2.05) is 42.6 Å². The molecule has 2 aromatic heterocycles. The monoisotopic (exact) mass is 228 g/mol. The highest BCUT2D eigenvalue weighted by Crippen LogP contribution is 2.32. The summed E-state index contributed by atoms with van der Waals surface area (Å²) in [7, 11) is 0. The Kier molecular flexibility index (Phi) is 2.15. The van der Waals surface area contributed by atoms with Crippen LogP contribution in [0.1, 0.15) is 0 Å². The fourth-order valence-electron chi connectivity index (χ4n) is 1.86. The van der Waals surface area contributed by atoms with Crippen molar-refractivity contribution in [3.05, 3.63) is 53.8 Å². The molecule has 0 spiro atoms. The molecule has 0 atom stereocenters. The van der Waals surface area contributed by atoms with Crippen LogP contribution in [0, 0.1) is 0 Å². The lowest BCUT2D eigenvalue weighted by Crippen LogP contribution is -1.77. The zero-order chi connectivity index (χ0) is 11.0. The van der Waals surface area contributed by atoms with E-state index >= 15 is 0 Å². The molecule has 1 aromatic carbocycles. The quantitative estimate of drug-likeness (QED) is 0.673. The average Bonchev–Trinajstić information content (AvgIpc) is 2.74. The second-order valence-corrected chi connectivity index (χ2v) is 3.99. The van der Waals surface area contributed by atoms with Gasteiger partial charge in [0.15, 0.2) is 0 Å². The van der Waals surface area contributed by atoms with E-state index in [2.05, 4.69) is 9.97 Å². The molecule has 0 aliphatic rings. The van der Waals surface area contributed by atoms with Gasteiger partial charge in [-0.1, -0.05) is 29.8 Å². The standard InChI is InChI=1S/C13H9ClN2/c14-12-6-2-1-4-9(12)11-8-16-13-10(11)5-3-7-15-13/h1-8H,(H,15,16). The lowest BCUT2D eigenvalue weighted by atomic mass is 10.1. The van der Waals surface area contributed by atoms with Crippen LogP contribution in [0.2, 0.25) is 5.02 Å². The zero-order valence-corrected chi connectivity index (χ0v) is 9.20. The number of hydrogen-bond donors (Lipinski definition) is 1. The van der Waals surface area contributed by atoms with E-state index in [0.717, 1.165) is 27.2 Å². The first kappa shape index (κ1) is 9.43. The fourth-order valence-corrected chi connectivity index (χ4v) is 2.10. The summed E-state index contributed by atoms with van der Waals surface area (Å²) in [5.41, 5.74) is 3.01. The Morgan fingerprint density at radius 2 is 1.88 bits per heavy atom. The Hall–Kier alpha value is -1.80. The van der Waals surface area contributed by atoms with Crippen molar-refractivity contribution in [3.8, 4) is 11.1 Å². The topological polar surface area (TPSA) is 28.7 Å². The van der Waals surface area contributed by atoms with Crippen LogP contribution in [0.25, 0.3) is 22.2 Å². The molecule has 2 nitrogen and oxygen atoms in total. The van der Waals surface area contributed by atoms with Gasteiger partial charge in [-0.2, -0.15) is 0 Å². The van der Waals surface area contributed by atoms with Crippen LogP contribution >= 0.6 is 11.6 Å². The molecule has 3 aromatic rings. The minimum absolute atomic E-state index is 0.757. The van der Waals surface area contributed by atoms with Crippen molar-refractivity contribution in [2.75, 3.05) is 0 Å². The van der Waals surface area contributed by atoms with Crippen LogP contribution in [-0.2, 0) is 0 Å². The molecule has 2 heterocycles. The van der Waals surface area contributed by atoms with E-state index in [4.69, 9.17) is 11.6 Å². The molecule has 3 heteroatoms. The van der Waals surface area contributed by atoms with Gasteiger partial charge < -0.3 is 4.98 Å². The second kappa shape index (κ2) is 3.65. The largest absolute Gasteiger partial charge is 0.346 e. The summed E-state index contributed by atoms with van der Waals surface area (Å²) >= 11 is 6.18. The summed E-state index contributed by atoms with van der Waals surface area (Å²) in [5.74, 6) is 0. The Labute approximate surface area is 97.9 Å². The van der Waals surface area contributed by atoms with Crippen LogP contribution in [0.5, 0.6) is 0 Å². The highest BCUT2D eigenvalue weighted by Gasteiger charge is 2.08. The van der Waals surface area contributed by atoms with Gasteiger partial charge in [0, 0.05) is 33.9 Å². The molecule has 0 bridgehead atoms. The summed E-state index contributed by atoms with van der Waals surface area (Å²) in [6, 6.07) is 11.8. The second-order valence-electron chi connectivity index (χ2n) is 3.58. The molecule has 0 radical (unpaired) electrons. The SMILES string of the molecule is Clc1ccccc1-c1c[nH]c2ncccc12. The van der Waals surface area contributed by atoms with Crippen LogP contribution in [0.15, 0.2) is 48.8 Å². The van der Waals surface area contributed by atoms with Gasteiger partial charge in [0.25, 0.3) is 0 Å². The van der Waals surface area contributed by atoms with Gasteiger partial charge >= 0.3 is 0 Å². The highest BCUT2D eigenvalue weighted by atomic mass is 35.5. The minimum Gasteiger partial charge on any atom is -0.346 e. The first-order chi connectivity index (χ1) is 7.86. The number of benzene rings is 1. The van der Waals surface area contributed by atoms with Crippen molar-refractivity contribution in [2.24, 2.45) is 0 Å². The van der Waals surface area contributed by atoms with Crippen molar-refractivity contribution in [1.29, 1.82) is 0 Å². The van der Waals surface area contributed by atoms with Gasteiger partial charge in [-0.3, -0.25) is 0 Å². The van der Waals surface area contributed by atoms with Crippen LogP contribution in [-0.4, -0.2) is 9.97 Å². The van der Waals surface area contributed by atoms with Gasteiger partial charge in [-0.15, -0.1) is 0 Å². The molecule has 0 saturated carbocycles. The van der Waals surface area contributed by atoms with Gasteiger partial charge in [0.05, 0.1) is 0 Å². The van der Waals surface area contributed by atoms with Crippen molar-refractivity contribution < 1.29 is 0 Å². The molecule has 1 N–H and O–H groups in total. The number of rotatable bonds is 1. The Morgan fingerprint density at radius 3 is 2.75 bits per heavy atom. The first-order valence-corrected chi connectivity index (χ1v) is 5.41. The third kappa shape index (κ3) is 1.39. The van der Waals surface area contributed by atoms with Crippen molar-refractivity contribution in [3.63, 3.8) is 0 Å². The third-order valence-corrected chi connectivity index (χ3v) is 2.94. The van der Waals surface area contributed by atoms with E-state index in [0.29, 0.717) is 0 Å². The van der Waals surface area contributed by atoms with E-state index in [1.54, 1.807) is 6.20 Å². The average molecular weight is 229 g/mol. The van der Waals surface area contributed by atoms with Gasteiger partial charge in [-0.25, -0.2) is 4.98 Å². The normalized spacial score (nSPS) is 10.8. The summed E-state index contributed by atoms with van der Waals surface area (Å²) < 4.78 is 0. The minimum atomic E-state index is 0.757. The van der Waals surface area contributed by atoms with E-state index in [9.17, 15) is 0 Å². The van der Waals surface area contributed by atoms with Crippen molar-refractivity contribution in [2.45, 2.75) is 0 Å². The molecule has 3 rings (SSSR count). The fraction of sp³-hybridized carbons (Fsp3) is 0. The smallest absolute Gasteiger partial charge is 0.137 e. The van der Waals surface area contributed by atoms with Crippen molar-refractivity contribution in [1.82, 2.24) is 9.97 Å². The predicted octanol–water partition coefficient (Wildman–Crippen LogP) is 3.88. The Balaban J connectivity index is 2.31. The molecule has 16 heavy (non-hydrogen) atoms. The Bertz CT molecular complexity index is 643. The Morgan fingerprint density at radius 1 is 1.00 bits per heavy atom. The number of H-pyrrole nitrogens is 1. The maximum Gasteiger partial charge on any atom is 0.137 e. The van der Waals surface area contributed by atoms with Gasteiger partial charge in [0.1, 0.15) is 5.65 Å². The molecule has 78 valence electrons. The van der Waals surface area contributed by atoms with Gasteiger partial charge in [0.2, 0.25) is 0 Å². The van der Waals surface area contributed by atoms with Gasteiger partial charge in [-0.05, 0) is 18.2 Å². The third-order valence-electron chi connectivity index (χ3n) is 2.62. The van der Waals surface area contributed by atoms with Crippen LogP contribution in [0.3, 0.4) is 0 Å². The number of pyridine rings is 1. The summed E-state index contributed by atoms with van der Waals surface area (Å²) in [6.07, 6.45) is 3.72. The molecule has 0 aliphatic carbocycles. The maximum absolute atomic E-state index is 6.18. The van der Waals surface area contributed by atoms with E-state index in [-0.39, 0.29) is 0 Å². The molecular formula is C13H9ClN2. The number of nitrogens with one attached hydrogen (secondary N) is 1. The van der Waals surface area contributed by atoms with E-state index < -0.39 is 0 Å². The lowest BCUT2D eigenvalue weighted by Gasteiger charge is -2.01. The molecule has 0 fully saturated rings. The highest BCUT2D eigenvalue weighted by molar-refractivity contribution is 6.33. The summed E-state index contributed by atoms with van der Waals surface area (Å²) in [5, 5.41) is 1.85. The number of nitrogens with zero attached hydrogens (tertiary/aromatic N) is 1. The van der Waals surface area contributed by atoms with Crippen LogP contribution in [0.4, 0.5) is 0 Å². The van der Waals surface area contributed by atoms with E-state index in [1.165, 1.54) is 0 Å². The lowest BCUT2D eigenvalue weighted by molar-refractivity contribution is 1.33. The molecule has 0 aliphatic heterocycles. The summed E-state index contributed by atoms with van der Waals surface area (Å²) in [4.78, 5) is 7.40. The number of fused-ring (bicyclic) bond motifs is 1. The number of hydrogen-bond acceptors (Lipinski definition) is 1. The van der Waals surface area contributed by atoms with Crippen LogP contribution < -0.4 is 0 Å². The first-order valence-electron chi connectivity index (χ1n) is 5.03. The molecule has 0 unspecified atom stereocenters. The summed E-state index contributed by atoms with van der Waals surface area (Å²) in [6.45, 7) is 0. The zero-order valence-electron chi connectivity index (χ0n) is 8.44. The predicted molar refractivity (Wildman–Crippen MR) is 66.5 cm³/mol. The number of halogens is 1. The molecular weight excluding hydrogens is 220 g/mol. The maximum atomic E-state index is 6.18. The number of aromatic nitrogens is 2. The molecule has 0 saturated heterocycles.